The number of nitrogens with zero attached hydrogens (tertiary/aromatic N) is 5. The zero-order chi connectivity index (χ0) is 21.2. The van der Waals surface area contributed by atoms with E-state index in [9.17, 15) is 4.91 Å². The highest BCUT2D eigenvalue weighted by Crippen LogP contribution is 2.29. The number of hydrogen-bond donors (Lipinski definition) is 4. The number of imidazole rings is 1. The summed E-state index contributed by atoms with van der Waals surface area (Å²) < 4.78 is 1.92. The van der Waals surface area contributed by atoms with E-state index in [1.807, 2.05) is 16.7 Å². The Balaban J connectivity index is 1.32. The molecule has 0 bridgehead atoms. The van der Waals surface area contributed by atoms with Gasteiger partial charge in [-0.1, -0.05) is 6.07 Å². The van der Waals surface area contributed by atoms with E-state index in [1.165, 1.54) is 17.3 Å². The maximum Gasteiger partial charge on any atom is 0.209 e. The summed E-state index contributed by atoms with van der Waals surface area (Å²) in [6, 6.07) is 11.6. The Morgan fingerprint density at radius 2 is 2.03 bits per heavy atom. The summed E-state index contributed by atoms with van der Waals surface area (Å²) in [5.41, 5.74) is 11.1. The molecular formula is C21H21N9O. The molecule has 0 amide bonds. The second kappa shape index (κ2) is 7.90. The van der Waals surface area contributed by atoms with Gasteiger partial charge in [-0.15, -0.1) is 4.91 Å². The van der Waals surface area contributed by atoms with Crippen molar-refractivity contribution in [1.29, 1.82) is 0 Å². The molecule has 0 fully saturated rings. The molecule has 4 aromatic rings. The highest BCUT2D eigenvalue weighted by Gasteiger charge is 2.13. The van der Waals surface area contributed by atoms with Gasteiger partial charge in [-0.25, -0.2) is 15.0 Å². The number of anilines is 4. The van der Waals surface area contributed by atoms with Crippen LogP contribution in [0.5, 0.6) is 0 Å². The van der Waals surface area contributed by atoms with Gasteiger partial charge in [0.05, 0.1) is 5.69 Å². The lowest BCUT2D eigenvalue weighted by molar-refractivity contribution is 0.995. The lowest BCUT2D eigenvalue weighted by Gasteiger charge is -2.12. The van der Waals surface area contributed by atoms with Crippen molar-refractivity contribution in [3.63, 3.8) is 0 Å². The van der Waals surface area contributed by atoms with Crippen LogP contribution >= 0.6 is 0 Å². The average molecular weight is 415 g/mol. The number of rotatable bonds is 7. The quantitative estimate of drug-likeness (QED) is 0.267. The van der Waals surface area contributed by atoms with E-state index >= 15 is 0 Å². The molecule has 4 heterocycles. The number of nitrogens with one attached hydrogen (secondary N) is 3. The Morgan fingerprint density at radius 3 is 2.90 bits per heavy atom. The molecule has 5 rings (SSSR count). The van der Waals surface area contributed by atoms with Crippen molar-refractivity contribution in [2.45, 2.75) is 6.42 Å². The molecule has 0 saturated carbocycles. The van der Waals surface area contributed by atoms with E-state index in [0.717, 1.165) is 29.9 Å². The number of benzene rings is 1. The maximum atomic E-state index is 10.6. The highest BCUT2D eigenvalue weighted by molar-refractivity contribution is 5.71. The smallest absolute Gasteiger partial charge is 0.209 e. The summed E-state index contributed by atoms with van der Waals surface area (Å²) in [6.07, 6.45) is 4.65. The van der Waals surface area contributed by atoms with Gasteiger partial charge in [-0.05, 0) is 41.4 Å². The van der Waals surface area contributed by atoms with Gasteiger partial charge < -0.3 is 21.7 Å². The van der Waals surface area contributed by atoms with Gasteiger partial charge in [0.2, 0.25) is 5.95 Å². The van der Waals surface area contributed by atoms with Gasteiger partial charge in [0.1, 0.15) is 17.2 Å². The number of aromatic nitrogens is 4. The predicted molar refractivity (Wildman–Crippen MR) is 122 cm³/mol. The minimum Gasteiger partial charge on any atom is -0.384 e. The Morgan fingerprint density at radius 1 is 1.13 bits per heavy atom. The Labute approximate surface area is 177 Å². The molecule has 1 aromatic carbocycles. The molecule has 0 saturated heterocycles. The van der Waals surface area contributed by atoms with Crippen molar-refractivity contribution >= 4 is 34.6 Å². The number of fused-ring (bicyclic) bond motifs is 2. The van der Waals surface area contributed by atoms with E-state index in [4.69, 9.17) is 10.7 Å². The molecule has 0 radical (unpaired) electrons. The van der Waals surface area contributed by atoms with E-state index < -0.39 is 0 Å². The van der Waals surface area contributed by atoms with E-state index in [1.54, 1.807) is 12.3 Å². The standard InChI is InChI=1S/C21H21N9O/c22-20-16(29-31)3-4-18(28-20)24-7-8-26-21-27-17(12-19-25-9-10-30(19)21)13-1-2-15-14(11-13)5-6-23-15/h1-4,9-12,23H,5-8H2,(H,26,27)(H3,22,24,28). The van der Waals surface area contributed by atoms with Crippen molar-refractivity contribution in [3.05, 3.63) is 59.3 Å². The first kappa shape index (κ1) is 18.8. The van der Waals surface area contributed by atoms with Crippen LogP contribution in [0.15, 0.2) is 54.0 Å². The number of hydrogen-bond acceptors (Lipinski definition) is 9. The zero-order valence-electron chi connectivity index (χ0n) is 16.7. The van der Waals surface area contributed by atoms with Gasteiger partial charge in [-0.2, -0.15) is 0 Å². The molecule has 156 valence electrons. The lowest BCUT2D eigenvalue weighted by atomic mass is 10.1. The zero-order valence-corrected chi connectivity index (χ0v) is 16.7. The van der Waals surface area contributed by atoms with Crippen molar-refractivity contribution in [3.8, 4) is 11.3 Å². The fraction of sp³-hybridized carbons (Fsp3) is 0.190. The van der Waals surface area contributed by atoms with Crippen LogP contribution in [0.2, 0.25) is 0 Å². The first-order valence-corrected chi connectivity index (χ1v) is 10.0. The SMILES string of the molecule is Nc1nc(NCCNc2nc(-c3ccc4c(c3)CCN4)cc3nccn23)ccc1N=O. The molecule has 10 heteroatoms. The second-order valence-corrected chi connectivity index (χ2v) is 7.21. The predicted octanol–water partition coefficient (Wildman–Crippen LogP) is 3.26. The molecule has 3 aromatic heterocycles. The van der Waals surface area contributed by atoms with Crippen LogP contribution < -0.4 is 21.7 Å². The van der Waals surface area contributed by atoms with Gasteiger partial charge >= 0.3 is 0 Å². The van der Waals surface area contributed by atoms with Gasteiger partial charge in [-0.3, -0.25) is 4.40 Å². The van der Waals surface area contributed by atoms with Crippen LogP contribution in [0.4, 0.5) is 29.0 Å². The largest absolute Gasteiger partial charge is 0.384 e. The molecule has 0 spiro atoms. The van der Waals surface area contributed by atoms with Gasteiger partial charge in [0.25, 0.3) is 0 Å². The van der Waals surface area contributed by atoms with Gasteiger partial charge in [0, 0.05) is 49.3 Å². The van der Waals surface area contributed by atoms with Gasteiger partial charge in [0.15, 0.2) is 5.82 Å². The molecule has 10 nitrogen and oxygen atoms in total. The topological polar surface area (TPSA) is 135 Å². The van der Waals surface area contributed by atoms with Crippen LogP contribution in [0.25, 0.3) is 16.9 Å². The lowest BCUT2D eigenvalue weighted by Crippen LogP contribution is -2.17. The maximum absolute atomic E-state index is 10.6. The third-order valence-electron chi connectivity index (χ3n) is 5.22. The van der Waals surface area contributed by atoms with E-state index in [-0.39, 0.29) is 11.5 Å². The highest BCUT2D eigenvalue weighted by atomic mass is 16.3. The second-order valence-electron chi connectivity index (χ2n) is 7.21. The normalized spacial score (nSPS) is 12.4. The van der Waals surface area contributed by atoms with Crippen LogP contribution in [0.1, 0.15) is 5.56 Å². The summed E-state index contributed by atoms with van der Waals surface area (Å²) in [7, 11) is 0. The number of nitrogen functional groups attached to an aromatic ring is 1. The number of nitroso groups, excluding NO2 is 1. The number of nitrogens with two attached hydrogens (primary N) is 1. The van der Waals surface area contributed by atoms with Crippen LogP contribution in [0.3, 0.4) is 0 Å². The molecule has 0 unspecified atom stereocenters. The van der Waals surface area contributed by atoms with Crippen molar-refractivity contribution in [1.82, 2.24) is 19.4 Å². The fourth-order valence-electron chi connectivity index (χ4n) is 3.67. The molecule has 5 N–H and O–H groups in total. The number of pyridine rings is 1. The summed E-state index contributed by atoms with van der Waals surface area (Å²) in [4.78, 5) is 24.0. The van der Waals surface area contributed by atoms with Crippen molar-refractivity contribution in [2.24, 2.45) is 5.18 Å². The summed E-state index contributed by atoms with van der Waals surface area (Å²) in [5.74, 6) is 1.39. The summed E-state index contributed by atoms with van der Waals surface area (Å²) in [6.45, 7) is 2.14. The average Bonchev–Trinajstić information content (AvgIpc) is 3.45. The molecule has 31 heavy (non-hydrogen) atoms. The summed E-state index contributed by atoms with van der Waals surface area (Å²) in [5, 5.41) is 12.7. The van der Waals surface area contributed by atoms with Crippen LogP contribution in [0, 0.1) is 4.91 Å². The third-order valence-corrected chi connectivity index (χ3v) is 5.22. The molecule has 1 aliphatic rings. The Hall–Kier alpha value is -4.21. The van der Waals surface area contributed by atoms with Crippen molar-refractivity contribution < 1.29 is 0 Å². The Kier molecular flexibility index (Phi) is 4.79. The van der Waals surface area contributed by atoms with E-state index in [2.05, 4.69) is 49.3 Å². The first-order chi connectivity index (χ1) is 15.2. The van der Waals surface area contributed by atoms with Crippen LogP contribution in [-0.2, 0) is 6.42 Å². The minimum atomic E-state index is 0.104. The molecule has 0 aliphatic carbocycles. The fourth-order valence-corrected chi connectivity index (χ4v) is 3.67. The third kappa shape index (κ3) is 3.70. The molecule has 0 atom stereocenters. The minimum absolute atomic E-state index is 0.104. The van der Waals surface area contributed by atoms with E-state index in [0.29, 0.717) is 24.9 Å². The summed E-state index contributed by atoms with van der Waals surface area (Å²) >= 11 is 0. The van der Waals surface area contributed by atoms with Crippen molar-refractivity contribution in [2.75, 3.05) is 41.3 Å². The van der Waals surface area contributed by atoms with Crippen LogP contribution in [-0.4, -0.2) is 39.0 Å². The molecular weight excluding hydrogens is 394 g/mol. The molecule has 1 aliphatic heterocycles. The Bertz CT molecular complexity index is 1270. The first-order valence-electron chi connectivity index (χ1n) is 10.0. The monoisotopic (exact) mass is 415 g/mol.